The van der Waals surface area contributed by atoms with Gasteiger partial charge in [-0.1, -0.05) is 57.3 Å². The van der Waals surface area contributed by atoms with Gasteiger partial charge in [-0.05, 0) is 61.5 Å². The smallest absolute Gasteiger partial charge is 0.273 e. The van der Waals surface area contributed by atoms with Crippen LogP contribution in [0.2, 0.25) is 10.0 Å². The van der Waals surface area contributed by atoms with Crippen molar-refractivity contribution in [3.63, 3.8) is 0 Å². The maximum absolute atomic E-state index is 13.6. The maximum atomic E-state index is 13.6. The summed E-state index contributed by atoms with van der Waals surface area (Å²) in [4.78, 5) is 26.9. The second-order valence-electron chi connectivity index (χ2n) is 7.57. The summed E-state index contributed by atoms with van der Waals surface area (Å²) in [6.45, 7) is 2.32. The minimum Gasteiger partial charge on any atom is -0.493 e. The van der Waals surface area contributed by atoms with E-state index in [0.29, 0.717) is 33.2 Å². The van der Waals surface area contributed by atoms with E-state index in [1.165, 1.54) is 16.7 Å². The van der Waals surface area contributed by atoms with Gasteiger partial charge in [-0.15, -0.1) is 11.3 Å². The Bertz CT molecular complexity index is 1710. The average molecular weight is 615 g/mol. The molecule has 0 unspecified atom stereocenters. The van der Waals surface area contributed by atoms with Crippen LogP contribution in [0.15, 0.2) is 76.0 Å². The molecule has 4 rings (SSSR count). The molecule has 1 heterocycles. The number of nitriles is 1. The van der Waals surface area contributed by atoms with E-state index in [2.05, 4.69) is 21.2 Å². The number of hydrogen-bond acceptors (Lipinski definition) is 5. The van der Waals surface area contributed by atoms with Crippen LogP contribution < -0.4 is 24.8 Å². The van der Waals surface area contributed by atoms with Gasteiger partial charge in [0.2, 0.25) is 0 Å². The van der Waals surface area contributed by atoms with Crippen LogP contribution in [0.4, 0.5) is 5.69 Å². The van der Waals surface area contributed by atoms with E-state index in [9.17, 15) is 14.9 Å². The first-order valence-corrected chi connectivity index (χ1v) is 13.3. The van der Waals surface area contributed by atoms with Crippen molar-refractivity contribution in [2.24, 2.45) is 0 Å². The monoisotopic (exact) mass is 613 g/mol. The number of para-hydroxylation sites is 1. The molecule has 10 heteroatoms. The first-order valence-electron chi connectivity index (χ1n) is 10.9. The highest BCUT2D eigenvalue weighted by atomic mass is 79.9. The van der Waals surface area contributed by atoms with Crippen molar-refractivity contribution in [1.29, 1.82) is 5.26 Å². The van der Waals surface area contributed by atoms with E-state index in [1.54, 1.807) is 42.5 Å². The third-order valence-electron chi connectivity index (χ3n) is 5.13. The molecule has 0 radical (unpaired) electrons. The summed E-state index contributed by atoms with van der Waals surface area (Å²) in [5, 5.41) is 13.3. The van der Waals surface area contributed by atoms with Gasteiger partial charge in [0, 0.05) is 15.1 Å². The SMILES string of the molecule is CCOc1ccc(Br)cc1C=c1sc(=C(C#N)C(=O)Nc2cc(Cl)ccc2Cl)n(-c2ccccc2)c1=O. The second-order valence-corrected chi connectivity index (χ2v) is 10.4. The van der Waals surface area contributed by atoms with E-state index >= 15 is 0 Å². The summed E-state index contributed by atoms with van der Waals surface area (Å²) in [7, 11) is 0. The van der Waals surface area contributed by atoms with Crippen LogP contribution in [-0.2, 0) is 4.79 Å². The summed E-state index contributed by atoms with van der Waals surface area (Å²) >= 11 is 16.7. The summed E-state index contributed by atoms with van der Waals surface area (Å²) < 4.78 is 8.38. The van der Waals surface area contributed by atoms with Crippen molar-refractivity contribution in [1.82, 2.24) is 4.57 Å². The molecule has 1 amide bonds. The second kappa shape index (κ2) is 11.8. The number of anilines is 1. The van der Waals surface area contributed by atoms with Crippen LogP contribution >= 0.6 is 50.5 Å². The first-order chi connectivity index (χ1) is 17.8. The molecule has 0 aliphatic rings. The number of hydrogen-bond donors (Lipinski definition) is 1. The number of nitrogens with one attached hydrogen (secondary N) is 1. The van der Waals surface area contributed by atoms with E-state index < -0.39 is 5.91 Å². The molecule has 3 aromatic carbocycles. The Morgan fingerprint density at radius 3 is 2.62 bits per heavy atom. The number of thiazole rings is 1. The standard InChI is InChI=1S/C27H18BrCl2N3O3S/c1-2-36-23-11-8-17(28)12-16(23)13-24-26(35)33(19-6-4-3-5-7-19)27(37-24)20(15-31)25(34)32-22-14-18(29)9-10-21(22)30/h3-14H,2H2,1H3,(H,32,34). The molecule has 37 heavy (non-hydrogen) atoms. The van der Waals surface area contributed by atoms with E-state index in [-0.39, 0.29) is 26.5 Å². The van der Waals surface area contributed by atoms with Gasteiger partial charge in [-0.25, -0.2) is 0 Å². The molecule has 0 saturated carbocycles. The van der Waals surface area contributed by atoms with Gasteiger partial charge in [-0.2, -0.15) is 5.26 Å². The predicted octanol–water partition coefficient (Wildman–Crippen LogP) is 5.51. The minimum absolute atomic E-state index is 0.175. The molecule has 0 bridgehead atoms. The summed E-state index contributed by atoms with van der Waals surface area (Å²) in [5.41, 5.74) is 0.809. The Morgan fingerprint density at radius 2 is 1.92 bits per heavy atom. The zero-order chi connectivity index (χ0) is 26.5. The van der Waals surface area contributed by atoms with Gasteiger partial charge in [0.05, 0.1) is 27.5 Å². The van der Waals surface area contributed by atoms with Crippen molar-refractivity contribution < 1.29 is 9.53 Å². The number of rotatable bonds is 6. The predicted molar refractivity (Wildman–Crippen MR) is 152 cm³/mol. The van der Waals surface area contributed by atoms with Crippen molar-refractivity contribution in [2.45, 2.75) is 6.92 Å². The zero-order valence-corrected chi connectivity index (χ0v) is 23.2. The number of ether oxygens (including phenoxy) is 1. The quantitative estimate of drug-likeness (QED) is 0.310. The Morgan fingerprint density at radius 1 is 1.16 bits per heavy atom. The van der Waals surface area contributed by atoms with Crippen molar-refractivity contribution in [3.8, 4) is 17.5 Å². The van der Waals surface area contributed by atoms with Gasteiger partial charge in [0.25, 0.3) is 11.5 Å². The molecule has 0 atom stereocenters. The van der Waals surface area contributed by atoms with Gasteiger partial charge in [0.1, 0.15) is 16.5 Å². The van der Waals surface area contributed by atoms with Crippen molar-refractivity contribution in [3.05, 3.63) is 106 Å². The Labute approximate surface area is 234 Å². The molecular weight excluding hydrogens is 597 g/mol. The third-order valence-corrected chi connectivity index (χ3v) is 7.28. The number of carbonyl (C=O) groups excluding carboxylic acids is 1. The molecule has 0 fully saturated rings. The molecular formula is C27H18BrCl2N3O3S. The van der Waals surface area contributed by atoms with Gasteiger partial charge in [-0.3, -0.25) is 14.2 Å². The fourth-order valence-electron chi connectivity index (χ4n) is 3.50. The number of benzene rings is 3. The first kappa shape index (κ1) is 26.7. The maximum Gasteiger partial charge on any atom is 0.273 e. The molecule has 0 saturated heterocycles. The van der Waals surface area contributed by atoms with Crippen LogP contribution in [0, 0.1) is 11.3 Å². The highest BCUT2D eigenvalue weighted by molar-refractivity contribution is 9.10. The number of nitrogens with zero attached hydrogens (tertiary/aromatic N) is 2. The summed E-state index contributed by atoms with van der Waals surface area (Å²) in [6, 6.07) is 20.9. The Kier molecular flexibility index (Phi) is 8.52. The van der Waals surface area contributed by atoms with E-state index in [0.717, 1.165) is 15.8 Å². The van der Waals surface area contributed by atoms with Crippen LogP contribution in [0.1, 0.15) is 12.5 Å². The van der Waals surface area contributed by atoms with Crippen LogP contribution in [-0.4, -0.2) is 17.1 Å². The van der Waals surface area contributed by atoms with Gasteiger partial charge >= 0.3 is 0 Å². The zero-order valence-electron chi connectivity index (χ0n) is 19.3. The molecule has 0 aliphatic carbocycles. The lowest BCUT2D eigenvalue weighted by Crippen LogP contribution is -2.32. The lowest BCUT2D eigenvalue weighted by atomic mass is 10.2. The van der Waals surface area contributed by atoms with E-state index in [4.69, 9.17) is 27.9 Å². The highest BCUT2D eigenvalue weighted by Gasteiger charge is 2.18. The summed E-state index contributed by atoms with van der Waals surface area (Å²) in [6.07, 6.45) is 1.69. The third kappa shape index (κ3) is 5.97. The van der Waals surface area contributed by atoms with Crippen LogP contribution in [0.5, 0.6) is 5.75 Å². The largest absolute Gasteiger partial charge is 0.493 e. The Balaban J connectivity index is 1.98. The number of halogens is 3. The van der Waals surface area contributed by atoms with Crippen molar-refractivity contribution >= 4 is 73.7 Å². The topological polar surface area (TPSA) is 84.1 Å². The van der Waals surface area contributed by atoms with E-state index in [1.807, 2.05) is 31.2 Å². The molecule has 4 aromatic rings. The summed E-state index contributed by atoms with van der Waals surface area (Å²) in [5.74, 6) is -0.120. The van der Waals surface area contributed by atoms with Crippen LogP contribution in [0.25, 0.3) is 17.3 Å². The number of carbonyl (C=O) groups is 1. The molecule has 1 aromatic heterocycles. The highest BCUT2D eigenvalue weighted by Crippen LogP contribution is 2.26. The van der Waals surface area contributed by atoms with Gasteiger partial charge < -0.3 is 10.1 Å². The minimum atomic E-state index is -0.721. The average Bonchev–Trinajstić information content (AvgIpc) is 3.19. The molecule has 0 spiro atoms. The number of aromatic nitrogens is 1. The van der Waals surface area contributed by atoms with Crippen LogP contribution in [0.3, 0.4) is 0 Å². The molecule has 6 nitrogen and oxygen atoms in total. The fraction of sp³-hybridized carbons (Fsp3) is 0.0741. The number of amides is 1. The van der Waals surface area contributed by atoms with Gasteiger partial charge in [0.15, 0.2) is 5.57 Å². The van der Waals surface area contributed by atoms with Crippen molar-refractivity contribution in [2.75, 3.05) is 11.9 Å². The lowest BCUT2D eigenvalue weighted by Gasteiger charge is -2.07. The lowest BCUT2D eigenvalue weighted by molar-refractivity contribution is -0.111. The molecule has 186 valence electrons. The normalized spacial score (nSPS) is 12.1. The Hall–Kier alpha value is -3.35. The molecule has 0 aliphatic heterocycles. The fourth-order valence-corrected chi connectivity index (χ4v) is 5.30. The molecule has 1 N–H and O–H groups in total.